The van der Waals surface area contributed by atoms with Gasteiger partial charge in [-0.15, -0.1) is 10.2 Å². The molecule has 1 aromatic carbocycles. The molecule has 0 atom stereocenters. The first-order chi connectivity index (χ1) is 14.6. The Bertz CT molecular complexity index is 877. The van der Waals surface area contributed by atoms with Crippen molar-refractivity contribution >= 4 is 29.4 Å². The minimum atomic E-state index is -0.488. The summed E-state index contributed by atoms with van der Waals surface area (Å²) < 4.78 is 10.8. The molecule has 0 aliphatic heterocycles. The molecule has 2 aromatic rings. The zero-order valence-electron chi connectivity index (χ0n) is 18.9. The van der Waals surface area contributed by atoms with Crippen molar-refractivity contribution in [2.24, 2.45) is 0 Å². The summed E-state index contributed by atoms with van der Waals surface area (Å²) in [6.45, 7) is 10.1. The van der Waals surface area contributed by atoms with Crippen LogP contribution in [0.25, 0.3) is 0 Å². The number of hydrogen-bond acceptors (Lipinski definition) is 7. The van der Waals surface area contributed by atoms with E-state index in [0.717, 1.165) is 36.1 Å². The van der Waals surface area contributed by atoms with Gasteiger partial charge in [0.25, 0.3) is 5.22 Å². The Morgan fingerprint density at radius 1 is 1.13 bits per heavy atom. The van der Waals surface area contributed by atoms with Crippen molar-refractivity contribution in [3.8, 4) is 0 Å². The molecule has 31 heavy (non-hydrogen) atoms. The summed E-state index contributed by atoms with van der Waals surface area (Å²) in [5.41, 5.74) is 2.50. The first-order valence-electron chi connectivity index (χ1n) is 10.4. The number of rotatable bonds is 10. The molecular weight excluding hydrogens is 416 g/mol. The minimum Gasteiger partial charge on any atom is -0.444 e. The summed E-state index contributed by atoms with van der Waals surface area (Å²) in [7, 11) is 0. The lowest BCUT2D eigenvalue weighted by molar-refractivity contribution is -0.113. The maximum atomic E-state index is 12.2. The first kappa shape index (κ1) is 24.7. The SMILES string of the molecule is Cc1ccc(NC(=O)CSc2nnc(CCCCCNC(=O)OC(C)(C)C)o2)c(C)c1. The Hall–Kier alpha value is -2.55. The molecule has 0 aliphatic rings. The van der Waals surface area contributed by atoms with E-state index >= 15 is 0 Å². The van der Waals surface area contributed by atoms with Gasteiger partial charge in [-0.2, -0.15) is 0 Å². The number of hydrogen-bond donors (Lipinski definition) is 2. The van der Waals surface area contributed by atoms with E-state index < -0.39 is 11.7 Å². The number of aromatic nitrogens is 2. The third-order valence-corrected chi connectivity index (χ3v) is 4.99. The second-order valence-electron chi connectivity index (χ2n) is 8.36. The van der Waals surface area contributed by atoms with Crippen LogP contribution in [0.1, 0.15) is 57.1 Å². The fraction of sp³-hybridized carbons (Fsp3) is 0.545. The van der Waals surface area contributed by atoms with E-state index in [1.165, 1.54) is 11.8 Å². The van der Waals surface area contributed by atoms with Gasteiger partial charge in [-0.05, 0) is 59.1 Å². The van der Waals surface area contributed by atoms with Gasteiger partial charge in [-0.1, -0.05) is 35.9 Å². The topological polar surface area (TPSA) is 106 Å². The molecule has 2 N–H and O–H groups in total. The van der Waals surface area contributed by atoms with Crippen molar-refractivity contribution in [1.29, 1.82) is 0 Å². The van der Waals surface area contributed by atoms with Crippen molar-refractivity contribution in [3.05, 3.63) is 35.2 Å². The lowest BCUT2D eigenvalue weighted by atomic mass is 10.1. The molecule has 0 fully saturated rings. The van der Waals surface area contributed by atoms with Crippen LogP contribution < -0.4 is 10.6 Å². The van der Waals surface area contributed by atoms with Gasteiger partial charge in [0, 0.05) is 18.7 Å². The molecule has 1 heterocycles. The van der Waals surface area contributed by atoms with Crippen molar-refractivity contribution in [2.75, 3.05) is 17.6 Å². The maximum Gasteiger partial charge on any atom is 0.407 e. The number of alkyl carbamates (subject to hydrolysis) is 1. The van der Waals surface area contributed by atoms with Crippen molar-refractivity contribution in [1.82, 2.24) is 15.5 Å². The molecule has 2 rings (SSSR count). The average Bonchev–Trinajstić information content (AvgIpc) is 3.11. The van der Waals surface area contributed by atoms with Gasteiger partial charge < -0.3 is 19.8 Å². The van der Waals surface area contributed by atoms with Crippen LogP contribution in [0.15, 0.2) is 27.8 Å². The molecule has 0 saturated heterocycles. The highest BCUT2D eigenvalue weighted by Gasteiger charge is 2.15. The third-order valence-electron chi connectivity index (χ3n) is 4.17. The molecule has 2 amide bonds. The molecule has 0 saturated carbocycles. The summed E-state index contributed by atoms with van der Waals surface area (Å²) in [5, 5.41) is 14.0. The molecule has 8 nitrogen and oxygen atoms in total. The Kier molecular flexibility index (Phi) is 9.36. The average molecular weight is 449 g/mol. The minimum absolute atomic E-state index is 0.116. The van der Waals surface area contributed by atoms with Gasteiger partial charge in [-0.3, -0.25) is 4.79 Å². The lowest BCUT2D eigenvalue weighted by Gasteiger charge is -2.19. The lowest BCUT2D eigenvalue weighted by Crippen LogP contribution is -2.32. The number of carbonyl (C=O) groups excluding carboxylic acids is 2. The summed E-state index contributed by atoms with van der Waals surface area (Å²) in [6.07, 6.45) is 2.89. The van der Waals surface area contributed by atoms with Gasteiger partial charge in [0.05, 0.1) is 5.75 Å². The van der Waals surface area contributed by atoms with E-state index in [9.17, 15) is 9.59 Å². The number of thioether (sulfide) groups is 1. The van der Waals surface area contributed by atoms with E-state index in [-0.39, 0.29) is 11.7 Å². The number of carbonyl (C=O) groups is 2. The Morgan fingerprint density at radius 3 is 2.61 bits per heavy atom. The number of unbranched alkanes of at least 4 members (excludes halogenated alkanes) is 2. The summed E-state index contributed by atoms with van der Waals surface area (Å²) in [5.74, 6) is 0.636. The zero-order chi connectivity index (χ0) is 22.9. The first-order valence-corrected chi connectivity index (χ1v) is 11.4. The van der Waals surface area contributed by atoms with E-state index in [0.29, 0.717) is 24.1 Å². The second-order valence-corrected chi connectivity index (χ2v) is 9.28. The quantitative estimate of drug-likeness (QED) is 0.402. The maximum absolute atomic E-state index is 12.2. The van der Waals surface area contributed by atoms with Gasteiger partial charge in [0.2, 0.25) is 11.8 Å². The number of anilines is 1. The fourth-order valence-electron chi connectivity index (χ4n) is 2.75. The number of aryl methyl sites for hydroxylation is 3. The monoisotopic (exact) mass is 448 g/mol. The predicted octanol–water partition coefficient (Wildman–Crippen LogP) is 4.65. The molecule has 0 spiro atoms. The molecule has 9 heteroatoms. The summed E-state index contributed by atoms with van der Waals surface area (Å²) in [4.78, 5) is 23.7. The molecule has 170 valence electrons. The number of nitrogens with zero attached hydrogens (tertiary/aromatic N) is 2. The van der Waals surface area contributed by atoms with Crippen molar-refractivity contribution in [3.63, 3.8) is 0 Å². The molecular formula is C22H32N4O4S. The van der Waals surface area contributed by atoms with Gasteiger partial charge in [0.1, 0.15) is 5.60 Å². The fourth-order valence-corrected chi connectivity index (χ4v) is 3.33. The predicted molar refractivity (Wildman–Crippen MR) is 121 cm³/mol. The molecule has 1 aromatic heterocycles. The smallest absolute Gasteiger partial charge is 0.407 e. The Morgan fingerprint density at radius 2 is 1.90 bits per heavy atom. The third kappa shape index (κ3) is 9.87. The van der Waals surface area contributed by atoms with Crippen LogP contribution in [0, 0.1) is 13.8 Å². The van der Waals surface area contributed by atoms with E-state index in [4.69, 9.17) is 9.15 Å². The highest BCUT2D eigenvalue weighted by molar-refractivity contribution is 7.99. The number of amides is 2. The zero-order valence-corrected chi connectivity index (χ0v) is 19.7. The van der Waals surface area contributed by atoms with Crippen LogP contribution in [0.4, 0.5) is 10.5 Å². The largest absolute Gasteiger partial charge is 0.444 e. The normalized spacial score (nSPS) is 11.3. The van der Waals surface area contributed by atoms with Crippen LogP contribution in [0.3, 0.4) is 0 Å². The molecule has 0 bridgehead atoms. The van der Waals surface area contributed by atoms with Crippen molar-refractivity contribution in [2.45, 2.75) is 71.1 Å². The van der Waals surface area contributed by atoms with Crippen LogP contribution >= 0.6 is 11.8 Å². The number of nitrogens with one attached hydrogen (secondary N) is 2. The Labute approximate surface area is 187 Å². The number of ether oxygens (including phenoxy) is 1. The van der Waals surface area contributed by atoms with E-state index in [1.807, 2.05) is 52.8 Å². The van der Waals surface area contributed by atoms with E-state index in [2.05, 4.69) is 20.8 Å². The highest BCUT2D eigenvalue weighted by Crippen LogP contribution is 2.19. The van der Waals surface area contributed by atoms with Crippen LogP contribution in [0.5, 0.6) is 0 Å². The van der Waals surface area contributed by atoms with Gasteiger partial charge in [0.15, 0.2) is 0 Å². The van der Waals surface area contributed by atoms with Crippen LogP contribution in [-0.4, -0.2) is 40.1 Å². The molecule has 0 unspecified atom stereocenters. The van der Waals surface area contributed by atoms with E-state index in [1.54, 1.807) is 0 Å². The highest BCUT2D eigenvalue weighted by atomic mass is 32.2. The van der Waals surface area contributed by atoms with Gasteiger partial charge in [-0.25, -0.2) is 4.79 Å². The molecule has 0 aliphatic carbocycles. The number of benzene rings is 1. The molecule has 0 radical (unpaired) electrons. The summed E-state index contributed by atoms with van der Waals surface area (Å²) >= 11 is 1.22. The van der Waals surface area contributed by atoms with Gasteiger partial charge >= 0.3 is 6.09 Å². The van der Waals surface area contributed by atoms with Crippen LogP contribution in [-0.2, 0) is 16.0 Å². The van der Waals surface area contributed by atoms with Crippen molar-refractivity contribution < 1.29 is 18.7 Å². The van der Waals surface area contributed by atoms with Crippen LogP contribution in [0.2, 0.25) is 0 Å². The summed E-state index contributed by atoms with van der Waals surface area (Å²) in [6, 6.07) is 5.90. The standard InChI is InChI=1S/C22H32N4O4S/c1-15-10-11-17(16(2)13-15)24-18(27)14-31-21-26-25-19(29-21)9-7-6-8-12-23-20(28)30-22(3,4)5/h10-11,13H,6-9,12,14H2,1-5H3,(H,23,28)(H,24,27). The Balaban J connectivity index is 1.61. The second kappa shape index (κ2) is 11.7.